The van der Waals surface area contributed by atoms with Crippen molar-refractivity contribution in [2.45, 2.75) is 39.2 Å². The minimum atomic E-state index is -0.337. The summed E-state index contributed by atoms with van der Waals surface area (Å²) < 4.78 is 16.2. The maximum Gasteiger partial charge on any atom is 0.227 e. The SMILES string of the molecule is CCCC(C(=O)NCc1ccc(-n2ccnc2C)c(F)c1)c1ccccc1. The molecule has 1 amide bonds. The third-order valence-electron chi connectivity index (χ3n) is 4.66. The maximum atomic E-state index is 14.5. The molecule has 1 heterocycles. The van der Waals surface area contributed by atoms with Gasteiger partial charge in [-0.25, -0.2) is 9.37 Å². The highest BCUT2D eigenvalue weighted by Crippen LogP contribution is 2.22. The summed E-state index contributed by atoms with van der Waals surface area (Å²) in [6.07, 6.45) is 5.06. The number of nitrogens with one attached hydrogen (secondary N) is 1. The molecule has 5 heteroatoms. The summed E-state index contributed by atoms with van der Waals surface area (Å²) in [5.74, 6) is 0.170. The van der Waals surface area contributed by atoms with E-state index in [-0.39, 0.29) is 17.6 Å². The fraction of sp³-hybridized carbons (Fsp3) is 0.273. The van der Waals surface area contributed by atoms with Crippen LogP contribution in [-0.4, -0.2) is 15.5 Å². The number of amides is 1. The van der Waals surface area contributed by atoms with Crippen LogP contribution in [0.15, 0.2) is 60.9 Å². The number of carbonyl (C=O) groups excluding carboxylic acids is 1. The summed E-state index contributed by atoms with van der Waals surface area (Å²) in [5.41, 5.74) is 2.19. The van der Waals surface area contributed by atoms with Crippen molar-refractivity contribution in [2.75, 3.05) is 0 Å². The number of nitrogens with zero attached hydrogens (tertiary/aromatic N) is 2. The lowest BCUT2D eigenvalue weighted by Gasteiger charge is -2.17. The summed E-state index contributed by atoms with van der Waals surface area (Å²) in [6.45, 7) is 4.19. The third-order valence-corrected chi connectivity index (χ3v) is 4.66. The zero-order chi connectivity index (χ0) is 19.2. The normalized spacial score (nSPS) is 12.0. The molecule has 1 atom stereocenters. The highest BCUT2D eigenvalue weighted by Gasteiger charge is 2.19. The highest BCUT2D eigenvalue weighted by atomic mass is 19.1. The van der Waals surface area contributed by atoms with Crippen molar-refractivity contribution in [1.82, 2.24) is 14.9 Å². The zero-order valence-corrected chi connectivity index (χ0v) is 15.7. The summed E-state index contributed by atoms with van der Waals surface area (Å²) in [4.78, 5) is 16.8. The lowest BCUT2D eigenvalue weighted by Crippen LogP contribution is -2.29. The van der Waals surface area contributed by atoms with E-state index in [4.69, 9.17) is 0 Å². The van der Waals surface area contributed by atoms with Crippen LogP contribution in [0.2, 0.25) is 0 Å². The molecular weight excluding hydrogens is 341 g/mol. The molecule has 3 rings (SSSR count). The van der Waals surface area contributed by atoms with Crippen molar-refractivity contribution < 1.29 is 9.18 Å². The Morgan fingerprint density at radius 3 is 2.63 bits per heavy atom. The van der Waals surface area contributed by atoms with E-state index >= 15 is 0 Å². The first-order valence-corrected chi connectivity index (χ1v) is 9.21. The van der Waals surface area contributed by atoms with Crippen molar-refractivity contribution >= 4 is 5.91 Å². The molecule has 0 saturated heterocycles. The van der Waals surface area contributed by atoms with Gasteiger partial charge in [0.05, 0.1) is 11.6 Å². The number of aromatic nitrogens is 2. The van der Waals surface area contributed by atoms with E-state index < -0.39 is 0 Å². The van der Waals surface area contributed by atoms with E-state index in [9.17, 15) is 9.18 Å². The Morgan fingerprint density at radius 2 is 2.00 bits per heavy atom. The maximum absolute atomic E-state index is 14.5. The number of aryl methyl sites for hydroxylation is 1. The molecule has 0 aliphatic heterocycles. The molecule has 0 saturated carbocycles. The van der Waals surface area contributed by atoms with Crippen LogP contribution in [0.1, 0.15) is 42.6 Å². The summed E-state index contributed by atoms with van der Waals surface area (Å²) in [6, 6.07) is 14.8. The van der Waals surface area contributed by atoms with Gasteiger partial charge in [-0.2, -0.15) is 0 Å². The first-order chi connectivity index (χ1) is 13.1. The summed E-state index contributed by atoms with van der Waals surface area (Å²) in [5, 5.41) is 2.95. The number of carbonyl (C=O) groups is 1. The van der Waals surface area contributed by atoms with Gasteiger partial charge in [0.1, 0.15) is 11.6 Å². The lowest BCUT2D eigenvalue weighted by molar-refractivity contribution is -0.122. The van der Waals surface area contributed by atoms with Gasteiger partial charge in [-0.15, -0.1) is 0 Å². The molecule has 0 bridgehead atoms. The van der Waals surface area contributed by atoms with E-state index in [2.05, 4.69) is 17.2 Å². The zero-order valence-electron chi connectivity index (χ0n) is 15.7. The fourth-order valence-corrected chi connectivity index (χ4v) is 3.22. The second-order valence-electron chi connectivity index (χ2n) is 6.60. The summed E-state index contributed by atoms with van der Waals surface area (Å²) >= 11 is 0. The van der Waals surface area contributed by atoms with Gasteiger partial charge in [-0.3, -0.25) is 4.79 Å². The van der Waals surface area contributed by atoms with Gasteiger partial charge in [0.15, 0.2) is 0 Å². The van der Waals surface area contributed by atoms with Gasteiger partial charge in [0.25, 0.3) is 0 Å². The average Bonchev–Trinajstić information content (AvgIpc) is 3.10. The Hall–Kier alpha value is -2.95. The van der Waals surface area contributed by atoms with Gasteiger partial charge in [-0.05, 0) is 36.6 Å². The molecule has 1 unspecified atom stereocenters. The molecule has 2 aromatic carbocycles. The van der Waals surface area contributed by atoms with Crippen LogP contribution in [0.4, 0.5) is 4.39 Å². The second kappa shape index (κ2) is 8.62. The molecule has 27 heavy (non-hydrogen) atoms. The largest absolute Gasteiger partial charge is 0.351 e. The molecular formula is C22H24FN3O. The molecule has 3 aromatic rings. The number of benzene rings is 2. The standard InChI is InChI=1S/C22H24FN3O/c1-3-7-19(18-8-5-4-6-9-18)22(27)25-15-17-10-11-21(20(23)14-17)26-13-12-24-16(26)2/h4-6,8-14,19H,3,7,15H2,1-2H3,(H,25,27). The molecule has 0 aliphatic carbocycles. The number of hydrogen-bond donors (Lipinski definition) is 1. The highest BCUT2D eigenvalue weighted by molar-refractivity contribution is 5.83. The van der Waals surface area contributed by atoms with Crippen molar-refractivity contribution in [2.24, 2.45) is 0 Å². The molecule has 4 nitrogen and oxygen atoms in total. The average molecular weight is 365 g/mol. The topological polar surface area (TPSA) is 46.9 Å². The van der Waals surface area contributed by atoms with Crippen molar-refractivity contribution in [3.05, 3.63) is 83.7 Å². The number of rotatable bonds is 7. The van der Waals surface area contributed by atoms with E-state index in [1.807, 2.05) is 43.3 Å². The van der Waals surface area contributed by atoms with Crippen LogP contribution in [-0.2, 0) is 11.3 Å². The molecule has 1 aromatic heterocycles. The number of hydrogen-bond acceptors (Lipinski definition) is 2. The minimum Gasteiger partial charge on any atom is -0.351 e. The second-order valence-corrected chi connectivity index (χ2v) is 6.60. The third kappa shape index (κ3) is 4.42. The quantitative estimate of drug-likeness (QED) is 0.669. The molecule has 0 radical (unpaired) electrons. The predicted molar refractivity (Wildman–Crippen MR) is 104 cm³/mol. The Balaban J connectivity index is 1.69. The fourth-order valence-electron chi connectivity index (χ4n) is 3.22. The van der Waals surface area contributed by atoms with E-state index in [0.717, 1.165) is 29.8 Å². The molecule has 0 fully saturated rings. The van der Waals surface area contributed by atoms with Gasteiger partial charge >= 0.3 is 0 Å². The van der Waals surface area contributed by atoms with Gasteiger partial charge in [-0.1, -0.05) is 49.7 Å². The van der Waals surface area contributed by atoms with E-state index in [1.54, 1.807) is 23.0 Å². The predicted octanol–water partition coefficient (Wildman–Crippen LogP) is 4.52. The molecule has 0 spiro atoms. The molecule has 0 aliphatic rings. The number of imidazole rings is 1. The Bertz CT molecular complexity index is 905. The molecule has 1 N–H and O–H groups in total. The van der Waals surface area contributed by atoms with Crippen LogP contribution in [0.25, 0.3) is 5.69 Å². The van der Waals surface area contributed by atoms with Crippen molar-refractivity contribution in [1.29, 1.82) is 0 Å². The van der Waals surface area contributed by atoms with Crippen LogP contribution in [0.5, 0.6) is 0 Å². The summed E-state index contributed by atoms with van der Waals surface area (Å²) in [7, 11) is 0. The van der Waals surface area contributed by atoms with E-state index in [1.165, 1.54) is 6.07 Å². The first kappa shape index (κ1) is 18.8. The Labute approximate surface area is 159 Å². The van der Waals surface area contributed by atoms with Crippen LogP contribution in [0, 0.1) is 12.7 Å². The first-order valence-electron chi connectivity index (χ1n) is 9.21. The van der Waals surface area contributed by atoms with Crippen LogP contribution < -0.4 is 5.32 Å². The molecule has 140 valence electrons. The van der Waals surface area contributed by atoms with Crippen molar-refractivity contribution in [3.8, 4) is 5.69 Å². The van der Waals surface area contributed by atoms with E-state index in [0.29, 0.717) is 12.2 Å². The van der Waals surface area contributed by atoms with Gasteiger partial charge < -0.3 is 9.88 Å². The van der Waals surface area contributed by atoms with Gasteiger partial charge in [0.2, 0.25) is 5.91 Å². The monoisotopic (exact) mass is 365 g/mol. The smallest absolute Gasteiger partial charge is 0.227 e. The van der Waals surface area contributed by atoms with Crippen LogP contribution in [0.3, 0.4) is 0 Å². The lowest BCUT2D eigenvalue weighted by atomic mass is 9.93. The Morgan fingerprint density at radius 1 is 1.22 bits per heavy atom. The van der Waals surface area contributed by atoms with Crippen molar-refractivity contribution in [3.63, 3.8) is 0 Å². The Kier molecular flexibility index (Phi) is 6.01. The minimum absolute atomic E-state index is 0.0296. The van der Waals surface area contributed by atoms with Crippen LogP contribution >= 0.6 is 0 Å². The van der Waals surface area contributed by atoms with Gasteiger partial charge in [0, 0.05) is 18.9 Å². The number of halogens is 1.